The lowest BCUT2D eigenvalue weighted by Gasteiger charge is -2.21. The number of nitrogens with zero attached hydrogens (tertiary/aromatic N) is 3. The second kappa shape index (κ2) is 3.20. The van der Waals surface area contributed by atoms with Gasteiger partial charge in [0.2, 0.25) is 11.8 Å². The third kappa shape index (κ3) is 1.13. The Morgan fingerprint density at radius 3 is 2.39 bits per heavy atom. The van der Waals surface area contributed by atoms with Gasteiger partial charge in [-0.3, -0.25) is 14.3 Å². The molecule has 0 spiro atoms. The molecule has 0 bridgehead atoms. The molecule has 18 heavy (non-hydrogen) atoms. The zero-order valence-corrected chi connectivity index (χ0v) is 10.7. The van der Waals surface area contributed by atoms with Gasteiger partial charge in [-0.25, -0.2) is 4.90 Å². The van der Waals surface area contributed by atoms with Crippen molar-refractivity contribution in [3.63, 3.8) is 0 Å². The van der Waals surface area contributed by atoms with Crippen molar-refractivity contribution in [3.8, 4) is 0 Å². The summed E-state index contributed by atoms with van der Waals surface area (Å²) in [6.07, 6.45) is 1.60. The van der Waals surface area contributed by atoms with E-state index in [2.05, 4.69) is 5.10 Å². The summed E-state index contributed by atoms with van der Waals surface area (Å²) >= 11 is 0. The highest BCUT2D eigenvalue weighted by atomic mass is 16.2. The first-order chi connectivity index (χ1) is 8.41. The van der Waals surface area contributed by atoms with Gasteiger partial charge in [0.25, 0.3) is 0 Å². The fourth-order valence-corrected chi connectivity index (χ4v) is 3.06. The molecule has 2 aliphatic rings. The summed E-state index contributed by atoms with van der Waals surface area (Å²) in [5.41, 5.74) is 6.15. The number of fused-ring (bicyclic) bond motifs is 1. The summed E-state index contributed by atoms with van der Waals surface area (Å²) in [5, 5.41) is 4.07. The second-order valence-corrected chi connectivity index (χ2v) is 5.61. The topological polar surface area (TPSA) is 81.2 Å². The van der Waals surface area contributed by atoms with E-state index in [1.165, 1.54) is 9.58 Å². The van der Waals surface area contributed by atoms with Gasteiger partial charge in [0.1, 0.15) is 5.82 Å². The maximum atomic E-state index is 12.3. The molecule has 2 fully saturated rings. The van der Waals surface area contributed by atoms with Crippen LogP contribution < -0.4 is 10.6 Å². The quantitative estimate of drug-likeness (QED) is 0.748. The van der Waals surface area contributed by atoms with E-state index in [9.17, 15) is 9.59 Å². The number of aryl methyl sites for hydroxylation is 1. The number of hydrogen-bond acceptors (Lipinski definition) is 4. The minimum atomic E-state index is -0.188. The highest BCUT2D eigenvalue weighted by molar-refractivity contribution is 6.25. The van der Waals surface area contributed by atoms with Gasteiger partial charge in [-0.15, -0.1) is 0 Å². The summed E-state index contributed by atoms with van der Waals surface area (Å²) in [4.78, 5) is 25.9. The molecule has 0 aromatic carbocycles. The lowest BCUT2D eigenvalue weighted by Crippen LogP contribution is -2.38. The molecule has 3 rings (SSSR count). The van der Waals surface area contributed by atoms with Crippen LogP contribution in [0.3, 0.4) is 0 Å². The van der Waals surface area contributed by atoms with Crippen molar-refractivity contribution in [2.24, 2.45) is 30.0 Å². The first kappa shape index (κ1) is 11.4. The third-order valence-electron chi connectivity index (χ3n) is 4.21. The Morgan fingerprint density at radius 2 is 1.89 bits per heavy atom. The fraction of sp³-hybridized carbons (Fsp3) is 0.583. The Hall–Kier alpha value is -1.69. The number of aromatic nitrogens is 2. The molecule has 2 N–H and O–H groups in total. The number of imide groups is 1. The molecule has 96 valence electrons. The summed E-state index contributed by atoms with van der Waals surface area (Å²) < 4.78 is 1.54. The first-order valence-corrected chi connectivity index (χ1v) is 6.00. The number of nitrogens with two attached hydrogens (primary N) is 1. The Labute approximate surface area is 105 Å². The summed E-state index contributed by atoms with van der Waals surface area (Å²) in [5.74, 6) is -0.0619. The molecule has 2 amide bonds. The Balaban J connectivity index is 2.03. The Bertz CT molecular complexity index is 536. The maximum absolute atomic E-state index is 12.3. The summed E-state index contributed by atoms with van der Waals surface area (Å²) in [6, 6.07) is 0. The van der Waals surface area contributed by atoms with Gasteiger partial charge in [-0.1, -0.05) is 13.8 Å². The SMILES string of the molecule is Cn1ncc(CN)c1N1C(=O)C2C(C1=O)C2(C)C. The molecule has 1 saturated carbocycles. The van der Waals surface area contributed by atoms with Crippen LogP contribution in [0, 0.1) is 17.3 Å². The molecule has 6 nitrogen and oxygen atoms in total. The van der Waals surface area contributed by atoms with Gasteiger partial charge >= 0.3 is 0 Å². The maximum Gasteiger partial charge on any atom is 0.239 e. The normalized spacial score (nSPS) is 28.8. The van der Waals surface area contributed by atoms with E-state index in [1.54, 1.807) is 13.2 Å². The highest BCUT2D eigenvalue weighted by Gasteiger charge is 2.73. The van der Waals surface area contributed by atoms with E-state index >= 15 is 0 Å². The molecule has 1 saturated heterocycles. The van der Waals surface area contributed by atoms with Crippen molar-refractivity contribution < 1.29 is 9.59 Å². The monoisotopic (exact) mass is 248 g/mol. The van der Waals surface area contributed by atoms with E-state index in [0.717, 1.165) is 5.56 Å². The van der Waals surface area contributed by atoms with Gasteiger partial charge in [-0.05, 0) is 5.41 Å². The van der Waals surface area contributed by atoms with Gasteiger partial charge in [0.05, 0.1) is 18.0 Å². The minimum Gasteiger partial charge on any atom is -0.326 e. The lowest BCUT2D eigenvalue weighted by atomic mass is 10.1. The molecule has 6 heteroatoms. The molecule has 2 atom stereocenters. The van der Waals surface area contributed by atoms with Crippen LogP contribution >= 0.6 is 0 Å². The summed E-state index contributed by atoms with van der Waals surface area (Å²) in [6.45, 7) is 4.18. The van der Waals surface area contributed by atoms with Crippen LogP contribution in [0.15, 0.2) is 6.20 Å². The van der Waals surface area contributed by atoms with Crippen molar-refractivity contribution in [3.05, 3.63) is 11.8 Å². The zero-order chi connectivity index (χ0) is 13.2. The predicted molar refractivity (Wildman–Crippen MR) is 64.4 cm³/mol. The average molecular weight is 248 g/mol. The molecule has 2 heterocycles. The number of amides is 2. The molecular formula is C12H16N4O2. The van der Waals surface area contributed by atoms with E-state index in [-0.39, 0.29) is 35.6 Å². The largest absolute Gasteiger partial charge is 0.326 e. The van der Waals surface area contributed by atoms with Crippen LogP contribution in [0.4, 0.5) is 5.82 Å². The van der Waals surface area contributed by atoms with Crippen LogP contribution in [0.25, 0.3) is 0 Å². The van der Waals surface area contributed by atoms with Crippen molar-refractivity contribution >= 4 is 17.6 Å². The van der Waals surface area contributed by atoms with Crippen LogP contribution in [-0.2, 0) is 23.2 Å². The van der Waals surface area contributed by atoms with Crippen molar-refractivity contribution in [2.75, 3.05) is 4.90 Å². The second-order valence-electron chi connectivity index (χ2n) is 5.61. The van der Waals surface area contributed by atoms with Crippen molar-refractivity contribution in [1.82, 2.24) is 9.78 Å². The van der Waals surface area contributed by atoms with Gasteiger partial charge in [0.15, 0.2) is 0 Å². The van der Waals surface area contributed by atoms with E-state index in [4.69, 9.17) is 5.73 Å². The average Bonchev–Trinajstić information content (AvgIpc) is 2.56. The number of rotatable bonds is 2. The zero-order valence-electron chi connectivity index (χ0n) is 10.7. The Kier molecular flexibility index (Phi) is 2.03. The Morgan fingerprint density at radius 1 is 1.33 bits per heavy atom. The smallest absolute Gasteiger partial charge is 0.239 e. The number of hydrogen-bond donors (Lipinski definition) is 1. The molecule has 1 aliphatic heterocycles. The van der Waals surface area contributed by atoms with Crippen LogP contribution in [0.2, 0.25) is 0 Å². The van der Waals surface area contributed by atoms with Gasteiger partial charge in [0, 0.05) is 19.2 Å². The van der Waals surface area contributed by atoms with Crippen LogP contribution in [-0.4, -0.2) is 21.6 Å². The van der Waals surface area contributed by atoms with Gasteiger partial charge in [-0.2, -0.15) is 5.10 Å². The van der Waals surface area contributed by atoms with E-state index in [0.29, 0.717) is 5.82 Å². The number of piperidine rings is 1. The predicted octanol–water partition coefficient (Wildman–Crippen LogP) is 0.0242. The lowest BCUT2D eigenvalue weighted by molar-refractivity contribution is -0.125. The van der Waals surface area contributed by atoms with Crippen LogP contribution in [0.1, 0.15) is 19.4 Å². The van der Waals surface area contributed by atoms with Crippen molar-refractivity contribution in [1.29, 1.82) is 0 Å². The van der Waals surface area contributed by atoms with E-state index < -0.39 is 0 Å². The summed E-state index contributed by atoms with van der Waals surface area (Å²) in [7, 11) is 1.71. The number of anilines is 1. The number of carbonyl (C=O) groups is 2. The highest BCUT2D eigenvalue weighted by Crippen LogP contribution is 2.63. The number of carbonyl (C=O) groups excluding carboxylic acids is 2. The molecule has 1 aliphatic carbocycles. The standard InChI is InChI=1S/C12H16N4O2/c1-12(2)7-8(12)11(18)16(10(7)17)9-6(4-13)5-14-15(9)3/h5,7-8H,4,13H2,1-3H3. The fourth-order valence-electron chi connectivity index (χ4n) is 3.06. The van der Waals surface area contributed by atoms with Crippen LogP contribution in [0.5, 0.6) is 0 Å². The molecule has 2 unspecified atom stereocenters. The minimum absolute atomic E-state index is 0.117. The molecule has 0 radical (unpaired) electrons. The molecule has 1 aromatic rings. The third-order valence-corrected chi connectivity index (χ3v) is 4.21. The van der Waals surface area contributed by atoms with Crippen molar-refractivity contribution in [2.45, 2.75) is 20.4 Å². The van der Waals surface area contributed by atoms with E-state index in [1.807, 2.05) is 13.8 Å². The first-order valence-electron chi connectivity index (χ1n) is 6.00. The van der Waals surface area contributed by atoms with Gasteiger partial charge < -0.3 is 5.73 Å². The molecular weight excluding hydrogens is 232 g/mol. The molecule has 1 aromatic heterocycles.